The van der Waals surface area contributed by atoms with Gasteiger partial charge in [0.15, 0.2) is 0 Å². The van der Waals surface area contributed by atoms with Gasteiger partial charge in [-0.05, 0) is 0 Å². The van der Waals surface area contributed by atoms with Crippen molar-refractivity contribution in [2.24, 2.45) is 11.7 Å². The van der Waals surface area contributed by atoms with Crippen LogP contribution >= 0.6 is 0 Å². The van der Waals surface area contributed by atoms with E-state index in [0.717, 1.165) is 0 Å². The fourth-order valence-corrected chi connectivity index (χ4v) is 0.779. The maximum atomic E-state index is 10.5. The smallest absolute Gasteiger partial charge is 0.319 e. The second-order valence-electron chi connectivity index (χ2n) is 2.41. The highest BCUT2D eigenvalue weighted by Gasteiger charge is 2.46. The summed E-state index contributed by atoms with van der Waals surface area (Å²) in [4.78, 5) is 20.7. The molecule has 1 aliphatic carbocycles. The number of carboxylic acids is 1. The fourth-order valence-electron chi connectivity index (χ4n) is 0.779. The third-order valence-corrected chi connectivity index (χ3v) is 1.50. The molecule has 0 spiro atoms. The molecule has 0 heterocycles. The van der Waals surface area contributed by atoms with Crippen LogP contribution in [0.25, 0.3) is 0 Å². The van der Waals surface area contributed by atoms with E-state index in [2.05, 4.69) is 4.74 Å². The molecule has 5 heteroatoms. The van der Waals surface area contributed by atoms with E-state index in [0.29, 0.717) is 6.42 Å². The van der Waals surface area contributed by atoms with Crippen LogP contribution in [0.4, 0.5) is 0 Å². The van der Waals surface area contributed by atoms with Crippen LogP contribution in [0.1, 0.15) is 6.42 Å². The minimum atomic E-state index is -0.917. The van der Waals surface area contributed by atoms with Crippen molar-refractivity contribution >= 4 is 11.9 Å². The van der Waals surface area contributed by atoms with Gasteiger partial charge in [-0.2, -0.15) is 0 Å². The number of rotatable bonds is 3. The van der Waals surface area contributed by atoms with Crippen molar-refractivity contribution in [2.45, 2.75) is 12.5 Å². The molecule has 0 aliphatic heterocycles. The highest BCUT2D eigenvalue weighted by molar-refractivity contribution is 5.76. The van der Waals surface area contributed by atoms with Gasteiger partial charge in [-0.3, -0.25) is 9.59 Å². The summed E-state index contributed by atoms with van der Waals surface area (Å²) in [5.41, 5.74) is 4.95. The van der Waals surface area contributed by atoms with E-state index >= 15 is 0 Å². The molecule has 11 heavy (non-hydrogen) atoms. The normalized spacial score (nSPS) is 27.7. The molecule has 1 aliphatic rings. The number of carbonyl (C=O) groups excluding carboxylic acids is 1. The molecule has 0 aromatic carbocycles. The zero-order chi connectivity index (χ0) is 8.43. The van der Waals surface area contributed by atoms with Crippen molar-refractivity contribution in [2.75, 3.05) is 6.54 Å². The molecule has 0 radical (unpaired) electrons. The van der Waals surface area contributed by atoms with Crippen molar-refractivity contribution in [3.63, 3.8) is 0 Å². The summed E-state index contributed by atoms with van der Waals surface area (Å²) in [6.45, 7) is -0.192. The Bertz CT molecular complexity index is 191. The van der Waals surface area contributed by atoms with E-state index in [4.69, 9.17) is 10.8 Å². The molecule has 5 nitrogen and oxygen atoms in total. The number of nitrogens with two attached hydrogens (primary N) is 1. The molecule has 0 aromatic heterocycles. The van der Waals surface area contributed by atoms with Crippen molar-refractivity contribution in [3.05, 3.63) is 0 Å². The first-order valence-corrected chi connectivity index (χ1v) is 3.27. The van der Waals surface area contributed by atoms with E-state index in [1.807, 2.05) is 0 Å². The lowest BCUT2D eigenvalue weighted by atomic mass is 10.4. The van der Waals surface area contributed by atoms with Gasteiger partial charge >= 0.3 is 11.9 Å². The van der Waals surface area contributed by atoms with E-state index < -0.39 is 24.0 Å². The predicted molar refractivity (Wildman–Crippen MR) is 34.7 cm³/mol. The zero-order valence-electron chi connectivity index (χ0n) is 5.82. The molecule has 62 valence electrons. The average Bonchev–Trinajstić information content (AvgIpc) is 2.67. The monoisotopic (exact) mass is 159 g/mol. The molecule has 0 unspecified atom stereocenters. The zero-order valence-corrected chi connectivity index (χ0v) is 5.82. The summed E-state index contributed by atoms with van der Waals surface area (Å²) < 4.78 is 4.64. The van der Waals surface area contributed by atoms with E-state index in [9.17, 15) is 9.59 Å². The van der Waals surface area contributed by atoms with Crippen molar-refractivity contribution in [1.82, 2.24) is 0 Å². The predicted octanol–water partition coefficient (Wildman–Crippen LogP) is -1.04. The SMILES string of the molecule is NCC(=O)O[C@H]1C[C@@H]1C(=O)O. The van der Waals surface area contributed by atoms with Crippen LogP contribution in [0, 0.1) is 5.92 Å². The number of carbonyl (C=O) groups is 2. The Morgan fingerprint density at radius 1 is 1.64 bits per heavy atom. The average molecular weight is 159 g/mol. The molecule has 0 aromatic rings. The fraction of sp³-hybridized carbons (Fsp3) is 0.667. The summed E-state index contributed by atoms with van der Waals surface area (Å²) in [7, 11) is 0. The molecular weight excluding hydrogens is 150 g/mol. The number of aliphatic carboxylic acids is 1. The Labute approximate surface area is 63.1 Å². The van der Waals surface area contributed by atoms with Gasteiger partial charge in [0.2, 0.25) is 0 Å². The van der Waals surface area contributed by atoms with Crippen molar-refractivity contribution in [1.29, 1.82) is 0 Å². The van der Waals surface area contributed by atoms with Gasteiger partial charge in [-0.15, -0.1) is 0 Å². The number of hydrogen-bond acceptors (Lipinski definition) is 4. The number of carboxylic acid groups (broad SMARTS) is 1. The lowest BCUT2D eigenvalue weighted by molar-refractivity contribution is -0.146. The molecule has 0 bridgehead atoms. The number of esters is 1. The van der Waals surface area contributed by atoms with Gasteiger partial charge in [0, 0.05) is 6.42 Å². The Morgan fingerprint density at radius 2 is 2.27 bits per heavy atom. The van der Waals surface area contributed by atoms with Gasteiger partial charge in [-0.1, -0.05) is 0 Å². The molecule has 0 amide bonds. The summed E-state index contributed by atoms with van der Waals surface area (Å²) in [6.07, 6.45) is -0.0234. The third kappa shape index (κ3) is 1.91. The van der Waals surface area contributed by atoms with Gasteiger partial charge < -0.3 is 15.6 Å². The molecule has 3 N–H and O–H groups in total. The summed E-state index contributed by atoms with van der Waals surface area (Å²) >= 11 is 0. The van der Waals surface area contributed by atoms with Crippen LogP contribution in [0.2, 0.25) is 0 Å². The quantitative estimate of drug-likeness (QED) is 0.513. The minimum Gasteiger partial charge on any atom is -0.481 e. The molecular formula is C6H9NO4. The molecule has 0 saturated heterocycles. The van der Waals surface area contributed by atoms with Crippen LogP contribution in [-0.4, -0.2) is 29.7 Å². The van der Waals surface area contributed by atoms with Crippen LogP contribution in [0.3, 0.4) is 0 Å². The third-order valence-electron chi connectivity index (χ3n) is 1.50. The van der Waals surface area contributed by atoms with Gasteiger partial charge in [0.05, 0.1) is 12.5 Å². The van der Waals surface area contributed by atoms with Crippen LogP contribution in [-0.2, 0) is 14.3 Å². The molecule has 1 fully saturated rings. The second kappa shape index (κ2) is 2.87. The minimum absolute atomic E-state index is 0.192. The van der Waals surface area contributed by atoms with Crippen LogP contribution < -0.4 is 5.73 Å². The molecule has 2 atom stereocenters. The first-order chi connectivity index (χ1) is 5.15. The number of hydrogen-bond donors (Lipinski definition) is 2. The van der Waals surface area contributed by atoms with Crippen LogP contribution in [0.15, 0.2) is 0 Å². The standard InChI is InChI=1S/C6H9NO4/c7-2-5(8)11-4-1-3(4)6(9)10/h3-4H,1-2,7H2,(H,9,10)/t3-,4-/m0/s1. The molecule has 1 rings (SSSR count). The highest BCUT2D eigenvalue weighted by atomic mass is 16.6. The van der Waals surface area contributed by atoms with Crippen molar-refractivity contribution < 1.29 is 19.4 Å². The Kier molecular flexibility index (Phi) is 2.09. The maximum absolute atomic E-state index is 10.5. The Morgan fingerprint density at radius 3 is 2.64 bits per heavy atom. The first-order valence-electron chi connectivity index (χ1n) is 3.27. The van der Waals surface area contributed by atoms with Gasteiger partial charge in [0.25, 0.3) is 0 Å². The Hall–Kier alpha value is -1.10. The molecule has 1 saturated carbocycles. The summed E-state index contributed by atoms with van der Waals surface area (Å²) in [6, 6.07) is 0. The second-order valence-corrected chi connectivity index (χ2v) is 2.41. The summed E-state index contributed by atoms with van der Waals surface area (Å²) in [5.74, 6) is -1.97. The van der Waals surface area contributed by atoms with E-state index in [-0.39, 0.29) is 6.54 Å². The topological polar surface area (TPSA) is 89.6 Å². The van der Waals surface area contributed by atoms with Gasteiger partial charge in [0.1, 0.15) is 6.10 Å². The lowest BCUT2D eigenvalue weighted by Gasteiger charge is -1.98. The summed E-state index contributed by atoms with van der Waals surface area (Å²) in [5, 5.41) is 8.39. The first kappa shape index (κ1) is 8.00. The van der Waals surface area contributed by atoms with E-state index in [1.165, 1.54) is 0 Å². The maximum Gasteiger partial charge on any atom is 0.319 e. The number of ether oxygens (including phenoxy) is 1. The van der Waals surface area contributed by atoms with Crippen molar-refractivity contribution in [3.8, 4) is 0 Å². The largest absolute Gasteiger partial charge is 0.481 e. The Balaban J connectivity index is 2.23. The van der Waals surface area contributed by atoms with Crippen LogP contribution in [0.5, 0.6) is 0 Å². The van der Waals surface area contributed by atoms with E-state index in [1.54, 1.807) is 0 Å². The van der Waals surface area contributed by atoms with Gasteiger partial charge in [-0.25, -0.2) is 0 Å². The highest BCUT2D eigenvalue weighted by Crippen LogP contribution is 2.33. The lowest BCUT2D eigenvalue weighted by Crippen LogP contribution is -2.19.